The van der Waals surface area contributed by atoms with Gasteiger partial charge in [-0.05, 0) is 31.2 Å². The van der Waals surface area contributed by atoms with Gasteiger partial charge >= 0.3 is 0 Å². The fourth-order valence-corrected chi connectivity index (χ4v) is 1.75. The van der Waals surface area contributed by atoms with E-state index in [1.807, 2.05) is 0 Å². The maximum Gasteiger partial charge on any atom is 0.149 e. The van der Waals surface area contributed by atoms with Gasteiger partial charge < -0.3 is 11.1 Å². The summed E-state index contributed by atoms with van der Waals surface area (Å²) in [6.45, 7) is 1.76. The van der Waals surface area contributed by atoms with Crippen LogP contribution in [0.4, 0.5) is 20.3 Å². The van der Waals surface area contributed by atoms with Gasteiger partial charge in [-0.15, -0.1) is 0 Å². The largest absolute Gasteiger partial charge is 0.389 e. The van der Waals surface area contributed by atoms with Crippen LogP contribution >= 0.6 is 12.2 Å². The molecule has 0 aliphatic heterocycles. The molecule has 0 fully saturated rings. The zero-order chi connectivity index (χ0) is 14.0. The third kappa shape index (κ3) is 2.85. The lowest BCUT2D eigenvalue weighted by atomic mass is 10.2. The summed E-state index contributed by atoms with van der Waals surface area (Å²) >= 11 is 4.89. The Morgan fingerprint density at radius 2 is 1.84 bits per heavy atom. The second-order valence-electron chi connectivity index (χ2n) is 3.93. The van der Waals surface area contributed by atoms with Gasteiger partial charge in [0.15, 0.2) is 0 Å². The summed E-state index contributed by atoms with van der Waals surface area (Å²) in [5.74, 6) is -1.19. The summed E-state index contributed by atoms with van der Waals surface area (Å²) < 4.78 is 27.2. The summed E-state index contributed by atoms with van der Waals surface area (Å²) in [5, 5.41) is 2.60. The van der Waals surface area contributed by atoms with Crippen LogP contribution in [0.15, 0.2) is 30.3 Å². The molecule has 0 aliphatic rings. The highest BCUT2D eigenvalue weighted by Gasteiger charge is 2.13. The van der Waals surface area contributed by atoms with Crippen LogP contribution < -0.4 is 11.1 Å². The second-order valence-corrected chi connectivity index (χ2v) is 4.37. The van der Waals surface area contributed by atoms with Crippen LogP contribution in [-0.4, -0.2) is 9.97 Å². The maximum absolute atomic E-state index is 13.6. The molecule has 3 nitrogen and oxygen atoms in total. The van der Waals surface area contributed by atoms with Crippen LogP contribution in [0.25, 0.3) is 0 Å². The van der Waals surface area contributed by atoms with Crippen molar-refractivity contribution in [2.45, 2.75) is 6.92 Å². The molecule has 98 valence electrons. The van der Waals surface area contributed by atoms with Crippen molar-refractivity contribution in [2.75, 3.05) is 5.32 Å². The minimum absolute atomic E-state index is 0.103. The second kappa shape index (κ2) is 5.27. The lowest BCUT2D eigenvalue weighted by molar-refractivity contribution is 0.590. The lowest BCUT2D eigenvalue weighted by Crippen LogP contribution is -2.14. The zero-order valence-electron chi connectivity index (χ0n) is 10.1. The number of aryl methyl sites for hydroxylation is 1. The maximum atomic E-state index is 13.6. The Morgan fingerprint density at radius 1 is 1.21 bits per heavy atom. The third-order valence-corrected chi connectivity index (χ3v) is 2.73. The number of thiocarbonyl (C=S) groups is 1. The Morgan fingerprint density at radius 3 is 2.42 bits per heavy atom. The van der Waals surface area contributed by atoms with E-state index in [1.165, 1.54) is 6.07 Å². The van der Waals surface area contributed by atoms with Crippen molar-refractivity contribution in [3.8, 4) is 0 Å². The number of benzene rings is 1. The molecule has 0 saturated heterocycles. The van der Waals surface area contributed by atoms with E-state index < -0.39 is 11.6 Å². The van der Waals surface area contributed by atoms with Gasteiger partial charge in [0, 0.05) is 5.69 Å². The molecular weight excluding hydrogens is 268 g/mol. The van der Waals surface area contributed by atoms with Crippen molar-refractivity contribution in [2.24, 2.45) is 5.73 Å². The van der Waals surface area contributed by atoms with E-state index in [9.17, 15) is 8.78 Å². The predicted octanol–water partition coefficient (Wildman–Crippen LogP) is 3.05. The molecule has 1 aromatic carbocycles. The number of nitrogens with one attached hydrogen (secondary N) is 1. The smallest absolute Gasteiger partial charge is 0.149 e. The van der Waals surface area contributed by atoms with Crippen LogP contribution in [0.3, 0.4) is 0 Å². The standard InChI is InChI=1S/C13H11F2N3S/c1-7-5-6-8(12(16)19)13(17-7)18-11-9(14)3-2-4-10(11)15/h2-6H,1H3,(H2,16,19)(H,17,18). The van der Waals surface area contributed by atoms with Crippen LogP contribution in [-0.2, 0) is 0 Å². The van der Waals surface area contributed by atoms with E-state index in [0.29, 0.717) is 11.3 Å². The minimum Gasteiger partial charge on any atom is -0.389 e. The van der Waals surface area contributed by atoms with Gasteiger partial charge in [-0.1, -0.05) is 18.3 Å². The van der Waals surface area contributed by atoms with Crippen molar-refractivity contribution >= 4 is 28.7 Å². The van der Waals surface area contributed by atoms with E-state index in [0.717, 1.165) is 12.1 Å². The van der Waals surface area contributed by atoms with Gasteiger partial charge in [-0.2, -0.15) is 0 Å². The quantitative estimate of drug-likeness (QED) is 0.848. The highest BCUT2D eigenvalue weighted by Crippen LogP contribution is 2.24. The average Bonchev–Trinajstić information content (AvgIpc) is 2.33. The highest BCUT2D eigenvalue weighted by atomic mass is 32.1. The summed E-state index contributed by atoms with van der Waals surface area (Å²) in [4.78, 5) is 4.26. The van der Waals surface area contributed by atoms with E-state index in [-0.39, 0.29) is 16.5 Å². The minimum atomic E-state index is -0.711. The SMILES string of the molecule is Cc1ccc(C(N)=S)c(Nc2c(F)cccc2F)n1. The van der Waals surface area contributed by atoms with E-state index in [4.69, 9.17) is 18.0 Å². The summed E-state index contributed by atoms with van der Waals surface area (Å²) in [5.41, 5.74) is 6.39. The zero-order valence-corrected chi connectivity index (χ0v) is 10.9. The number of hydrogen-bond donors (Lipinski definition) is 2. The van der Waals surface area contributed by atoms with E-state index >= 15 is 0 Å². The van der Waals surface area contributed by atoms with Crippen molar-refractivity contribution in [1.82, 2.24) is 4.98 Å². The molecule has 2 aromatic rings. The first kappa shape index (κ1) is 13.4. The Balaban J connectivity index is 2.49. The monoisotopic (exact) mass is 279 g/mol. The van der Waals surface area contributed by atoms with Crippen molar-refractivity contribution in [3.05, 3.63) is 53.2 Å². The van der Waals surface area contributed by atoms with Gasteiger partial charge in [-0.25, -0.2) is 13.8 Å². The van der Waals surface area contributed by atoms with Crippen molar-refractivity contribution < 1.29 is 8.78 Å². The summed E-state index contributed by atoms with van der Waals surface area (Å²) in [6, 6.07) is 6.97. The fourth-order valence-electron chi connectivity index (χ4n) is 1.59. The molecule has 0 aliphatic carbocycles. The molecule has 0 unspecified atom stereocenters. The van der Waals surface area contributed by atoms with Crippen LogP contribution in [0.2, 0.25) is 0 Å². The number of para-hydroxylation sites is 1. The molecule has 0 amide bonds. The topological polar surface area (TPSA) is 50.9 Å². The number of aromatic nitrogens is 1. The lowest BCUT2D eigenvalue weighted by Gasteiger charge is -2.12. The highest BCUT2D eigenvalue weighted by molar-refractivity contribution is 7.80. The van der Waals surface area contributed by atoms with Gasteiger partial charge in [0.25, 0.3) is 0 Å². The Bertz CT molecular complexity index is 624. The fraction of sp³-hybridized carbons (Fsp3) is 0.0769. The number of hydrogen-bond acceptors (Lipinski definition) is 3. The van der Waals surface area contributed by atoms with Crippen LogP contribution in [0.5, 0.6) is 0 Å². The third-order valence-electron chi connectivity index (χ3n) is 2.51. The van der Waals surface area contributed by atoms with Crippen LogP contribution in [0, 0.1) is 18.6 Å². The molecule has 2 rings (SSSR count). The molecule has 19 heavy (non-hydrogen) atoms. The Kier molecular flexibility index (Phi) is 3.71. The molecule has 0 spiro atoms. The van der Waals surface area contributed by atoms with Gasteiger partial charge in [0.05, 0.1) is 5.56 Å². The molecule has 6 heteroatoms. The molecule has 1 heterocycles. The molecule has 1 aromatic heterocycles. The number of nitrogens with zero attached hydrogens (tertiary/aromatic N) is 1. The first-order valence-corrected chi connectivity index (χ1v) is 5.88. The molecular formula is C13H11F2N3S. The molecule has 0 bridgehead atoms. The average molecular weight is 279 g/mol. The van der Waals surface area contributed by atoms with Crippen molar-refractivity contribution in [1.29, 1.82) is 0 Å². The number of nitrogens with two attached hydrogens (primary N) is 1. The van der Waals surface area contributed by atoms with Crippen LogP contribution in [0.1, 0.15) is 11.3 Å². The van der Waals surface area contributed by atoms with Gasteiger partial charge in [0.1, 0.15) is 28.1 Å². The predicted molar refractivity (Wildman–Crippen MR) is 74.5 cm³/mol. The first-order chi connectivity index (χ1) is 8.99. The van der Waals surface area contributed by atoms with Gasteiger partial charge in [0.2, 0.25) is 0 Å². The van der Waals surface area contributed by atoms with E-state index in [1.54, 1.807) is 19.1 Å². The molecule has 0 radical (unpaired) electrons. The van der Waals surface area contributed by atoms with Gasteiger partial charge in [-0.3, -0.25) is 0 Å². The molecule has 0 saturated carbocycles. The Labute approximate surface area is 114 Å². The normalized spacial score (nSPS) is 10.3. The summed E-state index contributed by atoms with van der Waals surface area (Å²) in [7, 11) is 0. The number of pyridine rings is 1. The van der Waals surface area contributed by atoms with Crippen molar-refractivity contribution in [3.63, 3.8) is 0 Å². The Hall–Kier alpha value is -2.08. The number of halogens is 2. The number of rotatable bonds is 3. The number of anilines is 2. The van der Waals surface area contributed by atoms with E-state index in [2.05, 4.69) is 10.3 Å². The molecule has 0 atom stereocenters. The summed E-state index contributed by atoms with van der Waals surface area (Å²) in [6.07, 6.45) is 0. The molecule has 3 N–H and O–H groups in total. The first-order valence-electron chi connectivity index (χ1n) is 5.47.